The molecule has 0 aliphatic heterocycles. The third kappa shape index (κ3) is 2.40. The van der Waals surface area contributed by atoms with Gasteiger partial charge in [-0.15, -0.1) is 11.3 Å². The van der Waals surface area contributed by atoms with Crippen molar-refractivity contribution in [3.8, 4) is 5.75 Å². The molecule has 0 unspecified atom stereocenters. The van der Waals surface area contributed by atoms with Crippen LogP contribution in [-0.4, -0.2) is 12.1 Å². The van der Waals surface area contributed by atoms with Crippen molar-refractivity contribution in [3.63, 3.8) is 0 Å². The molecule has 20 heavy (non-hydrogen) atoms. The van der Waals surface area contributed by atoms with Crippen LogP contribution in [0.1, 0.15) is 5.56 Å². The van der Waals surface area contributed by atoms with Crippen molar-refractivity contribution in [2.45, 2.75) is 6.54 Å². The van der Waals surface area contributed by atoms with E-state index in [2.05, 4.69) is 21.7 Å². The Labute approximate surface area is 121 Å². The lowest BCUT2D eigenvalue weighted by Gasteiger charge is -2.09. The molecule has 1 aromatic carbocycles. The number of ether oxygens (including phenoxy) is 1. The van der Waals surface area contributed by atoms with Crippen LogP contribution in [0.5, 0.6) is 5.75 Å². The molecule has 102 valence electrons. The van der Waals surface area contributed by atoms with Crippen LogP contribution in [-0.2, 0) is 6.54 Å². The minimum absolute atomic E-state index is 0.647. The van der Waals surface area contributed by atoms with Crippen LogP contribution in [0.15, 0.2) is 41.9 Å². The van der Waals surface area contributed by atoms with Crippen molar-refractivity contribution in [1.82, 2.24) is 4.98 Å². The Morgan fingerprint density at radius 2 is 2.20 bits per heavy atom. The Morgan fingerprint density at radius 1 is 1.30 bits per heavy atom. The van der Waals surface area contributed by atoms with E-state index >= 15 is 0 Å². The number of fused-ring (bicyclic) bond motifs is 1. The van der Waals surface area contributed by atoms with Gasteiger partial charge in [-0.2, -0.15) is 0 Å². The van der Waals surface area contributed by atoms with Crippen molar-refractivity contribution in [1.29, 1.82) is 0 Å². The summed E-state index contributed by atoms with van der Waals surface area (Å²) < 4.78 is 6.39. The number of nitrogens with one attached hydrogen (secondary N) is 1. The molecule has 2 aromatic heterocycles. The molecule has 2 heterocycles. The standard InChI is InChI=1S/C15H15N3OS/c1-19-13-3-2-10(8-12(13)16)9-18-15-11-5-7-20-14(11)4-6-17-15/h2-8H,9,16H2,1H3,(H,17,18). The quantitative estimate of drug-likeness (QED) is 0.720. The summed E-state index contributed by atoms with van der Waals surface area (Å²) in [5.74, 6) is 1.60. The molecule has 0 amide bonds. The van der Waals surface area contributed by atoms with Crippen molar-refractivity contribution < 1.29 is 4.74 Å². The van der Waals surface area contributed by atoms with Gasteiger partial charge in [0, 0.05) is 22.8 Å². The van der Waals surface area contributed by atoms with E-state index in [0.29, 0.717) is 18.0 Å². The van der Waals surface area contributed by atoms with Crippen LogP contribution in [0.4, 0.5) is 11.5 Å². The highest BCUT2D eigenvalue weighted by Gasteiger charge is 2.04. The maximum absolute atomic E-state index is 5.91. The van der Waals surface area contributed by atoms with E-state index in [1.54, 1.807) is 18.4 Å². The summed E-state index contributed by atoms with van der Waals surface area (Å²) in [6.45, 7) is 0.677. The topological polar surface area (TPSA) is 60.2 Å². The summed E-state index contributed by atoms with van der Waals surface area (Å²) in [6, 6.07) is 9.90. The Balaban J connectivity index is 1.79. The molecule has 0 radical (unpaired) electrons. The largest absolute Gasteiger partial charge is 0.495 e. The lowest BCUT2D eigenvalue weighted by Crippen LogP contribution is -2.02. The number of nitrogen functional groups attached to an aromatic ring is 1. The van der Waals surface area contributed by atoms with Gasteiger partial charge in [0.05, 0.1) is 12.8 Å². The Morgan fingerprint density at radius 3 is 3.00 bits per heavy atom. The number of benzene rings is 1. The summed E-state index contributed by atoms with van der Waals surface area (Å²) >= 11 is 1.71. The predicted molar refractivity (Wildman–Crippen MR) is 84.4 cm³/mol. The number of pyridine rings is 1. The lowest BCUT2D eigenvalue weighted by molar-refractivity contribution is 0.417. The molecule has 0 aliphatic carbocycles. The molecule has 0 atom stereocenters. The van der Waals surface area contributed by atoms with Gasteiger partial charge in [0.25, 0.3) is 0 Å². The van der Waals surface area contributed by atoms with E-state index in [1.807, 2.05) is 30.5 Å². The van der Waals surface area contributed by atoms with E-state index in [0.717, 1.165) is 16.8 Å². The molecule has 0 saturated heterocycles. The molecule has 0 bridgehead atoms. The third-order valence-corrected chi connectivity index (χ3v) is 4.02. The number of thiophene rings is 1. The normalized spacial score (nSPS) is 10.7. The second-order valence-corrected chi connectivity index (χ2v) is 5.37. The van der Waals surface area contributed by atoms with Crippen LogP contribution < -0.4 is 15.8 Å². The fourth-order valence-corrected chi connectivity index (χ4v) is 2.90. The molecule has 3 aromatic rings. The monoisotopic (exact) mass is 285 g/mol. The van der Waals surface area contributed by atoms with Gasteiger partial charge in [-0.05, 0) is 35.2 Å². The highest BCUT2D eigenvalue weighted by atomic mass is 32.1. The number of nitrogens with zero attached hydrogens (tertiary/aromatic N) is 1. The van der Waals surface area contributed by atoms with Crippen LogP contribution >= 0.6 is 11.3 Å². The number of hydrogen-bond acceptors (Lipinski definition) is 5. The van der Waals surface area contributed by atoms with Gasteiger partial charge < -0.3 is 15.8 Å². The molecular formula is C15H15N3OS. The zero-order chi connectivity index (χ0) is 13.9. The first-order valence-electron chi connectivity index (χ1n) is 6.26. The van der Waals surface area contributed by atoms with Crippen LogP contribution in [0, 0.1) is 0 Å². The van der Waals surface area contributed by atoms with Crippen LogP contribution in [0.25, 0.3) is 10.1 Å². The van der Waals surface area contributed by atoms with E-state index in [-0.39, 0.29) is 0 Å². The van der Waals surface area contributed by atoms with Gasteiger partial charge in [-0.1, -0.05) is 6.07 Å². The molecular weight excluding hydrogens is 270 g/mol. The number of rotatable bonds is 4. The summed E-state index contributed by atoms with van der Waals surface area (Å²) in [4.78, 5) is 4.39. The Kier molecular flexibility index (Phi) is 3.43. The fourth-order valence-electron chi connectivity index (χ4n) is 2.12. The zero-order valence-corrected chi connectivity index (χ0v) is 11.9. The van der Waals surface area contributed by atoms with E-state index in [1.165, 1.54) is 4.70 Å². The fraction of sp³-hybridized carbons (Fsp3) is 0.133. The Hall–Kier alpha value is -2.27. The number of nitrogens with two attached hydrogens (primary N) is 1. The average molecular weight is 285 g/mol. The van der Waals surface area contributed by atoms with Crippen LogP contribution in [0.2, 0.25) is 0 Å². The maximum atomic E-state index is 5.91. The summed E-state index contributed by atoms with van der Waals surface area (Å²) in [7, 11) is 1.62. The lowest BCUT2D eigenvalue weighted by atomic mass is 10.2. The number of anilines is 2. The first-order chi connectivity index (χ1) is 9.78. The Bertz CT molecular complexity index is 739. The molecule has 4 nitrogen and oxygen atoms in total. The summed E-state index contributed by atoms with van der Waals surface area (Å²) in [5, 5.41) is 6.58. The number of aromatic nitrogens is 1. The minimum Gasteiger partial charge on any atom is -0.495 e. The SMILES string of the molecule is COc1ccc(CNc2nccc3sccc23)cc1N. The molecule has 0 saturated carbocycles. The third-order valence-electron chi connectivity index (χ3n) is 3.13. The van der Waals surface area contributed by atoms with Crippen LogP contribution in [0.3, 0.4) is 0 Å². The highest BCUT2D eigenvalue weighted by Crippen LogP contribution is 2.27. The van der Waals surface area contributed by atoms with E-state index in [9.17, 15) is 0 Å². The smallest absolute Gasteiger partial charge is 0.141 e. The first-order valence-corrected chi connectivity index (χ1v) is 7.14. The van der Waals surface area contributed by atoms with Gasteiger partial charge in [0.2, 0.25) is 0 Å². The van der Waals surface area contributed by atoms with Gasteiger partial charge >= 0.3 is 0 Å². The second kappa shape index (κ2) is 5.38. The molecule has 0 spiro atoms. The second-order valence-electron chi connectivity index (χ2n) is 4.42. The molecule has 3 N–H and O–H groups in total. The average Bonchev–Trinajstić information content (AvgIpc) is 2.94. The first kappa shape index (κ1) is 12.7. The van der Waals surface area contributed by atoms with E-state index in [4.69, 9.17) is 10.5 Å². The maximum Gasteiger partial charge on any atom is 0.141 e. The highest BCUT2D eigenvalue weighted by molar-refractivity contribution is 7.17. The van der Waals surface area contributed by atoms with Crippen molar-refractivity contribution in [3.05, 3.63) is 47.5 Å². The van der Waals surface area contributed by atoms with Gasteiger partial charge in [-0.3, -0.25) is 0 Å². The summed E-state index contributed by atoms with van der Waals surface area (Å²) in [6.07, 6.45) is 1.82. The van der Waals surface area contributed by atoms with Gasteiger partial charge in [0.15, 0.2) is 0 Å². The van der Waals surface area contributed by atoms with Crippen molar-refractivity contribution >= 4 is 32.9 Å². The summed E-state index contributed by atoms with van der Waals surface area (Å²) in [5.41, 5.74) is 7.65. The molecule has 3 rings (SSSR count). The molecule has 0 fully saturated rings. The van der Waals surface area contributed by atoms with Crippen molar-refractivity contribution in [2.75, 3.05) is 18.2 Å². The minimum atomic E-state index is 0.647. The zero-order valence-electron chi connectivity index (χ0n) is 11.1. The van der Waals surface area contributed by atoms with Gasteiger partial charge in [-0.25, -0.2) is 4.98 Å². The predicted octanol–water partition coefficient (Wildman–Crippen LogP) is 3.50. The van der Waals surface area contributed by atoms with Crippen molar-refractivity contribution in [2.24, 2.45) is 0 Å². The number of methoxy groups -OCH3 is 1. The van der Waals surface area contributed by atoms with Gasteiger partial charge in [0.1, 0.15) is 11.6 Å². The molecule has 0 aliphatic rings. The molecule has 5 heteroatoms. The van der Waals surface area contributed by atoms with E-state index < -0.39 is 0 Å². The number of hydrogen-bond donors (Lipinski definition) is 2.